The Labute approximate surface area is 156 Å². The van der Waals surface area contributed by atoms with Crippen molar-refractivity contribution < 1.29 is 9.53 Å². The van der Waals surface area contributed by atoms with E-state index in [9.17, 15) is 4.79 Å². The van der Waals surface area contributed by atoms with Crippen LogP contribution in [-0.4, -0.2) is 36.6 Å². The van der Waals surface area contributed by atoms with Gasteiger partial charge >= 0.3 is 0 Å². The van der Waals surface area contributed by atoms with Crippen molar-refractivity contribution in [1.29, 1.82) is 0 Å². The first kappa shape index (κ1) is 18.1. The highest BCUT2D eigenvalue weighted by Crippen LogP contribution is 2.34. The number of aromatic nitrogens is 2. The predicted octanol–water partition coefficient (Wildman–Crippen LogP) is 3.70. The highest BCUT2D eigenvalue weighted by atomic mass is 32.1. The van der Waals surface area contributed by atoms with Crippen LogP contribution in [0.2, 0.25) is 0 Å². The lowest BCUT2D eigenvalue weighted by atomic mass is 10.2. The zero-order chi connectivity index (χ0) is 18.8. The van der Waals surface area contributed by atoms with E-state index < -0.39 is 0 Å². The molecule has 0 fully saturated rings. The number of ether oxygens (including phenoxy) is 1. The van der Waals surface area contributed by atoms with Crippen LogP contribution in [0.5, 0.6) is 5.75 Å². The fraction of sp³-hybridized carbons (Fsp3) is 0.316. The van der Waals surface area contributed by atoms with E-state index in [0.717, 1.165) is 27.5 Å². The van der Waals surface area contributed by atoms with Crippen LogP contribution in [-0.2, 0) is 4.79 Å². The van der Waals surface area contributed by atoms with E-state index in [1.54, 1.807) is 18.4 Å². The molecule has 0 aliphatic rings. The van der Waals surface area contributed by atoms with Crippen LogP contribution in [0.3, 0.4) is 0 Å². The number of fused-ring (bicyclic) bond motifs is 1. The number of nitrogens with one attached hydrogen (secondary N) is 1. The van der Waals surface area contributed by atoms with Gasteiger partial charge in [0.25, 0.3) is 0 Å². The van der Waals surface area contributed by atoms with Crippen molar-refractivity contribution in [2.75, 3.05) is 30.9 Å². The second-order valence-electron chi connectivity index (χ2n) is 6.19. The predicted molar refractivity (Wildman–Crippen MR) is 107 cm³/mol. The van der Waals surface area contributed by atoms with E-state index in [4.69, 9.17) is 4.74 Å². The summed E-state index contributed by atoms with van der Waals surface area (Å²) in [6.45, 7) is 6.23. The van der Waals surface area contributed by atoms with Gasteiger partial charge < -0.3 is 15.0 Å². The average molecular weight is 370 g/mol. The quantitative estimate of drug-likeness (QED) is 0.742. The summed E-state index contributed by atoms with van der Waals surface area (Å²) in [6, 6.07) is 7.26. The summed E-state index contributed by atoms with van der Waals surface area (Å²) in [5.41, 5.74) is 1.90. The molecule has 0 radical (unpaired) electrons. The molecular formula is C19H22N4O2S. The summed E-state index contributed by atoms with van der Waals surface area (Å²) in [6.07, 6.45) is 0. The highest BCUT2D eigenvalue weighted by Gasteiger charge is 2.18. The number of carbonyl (C=O) groups excluding carboxylic acids is 1. The summed E-state index contributed by atoms with van der Waals surface area (Å²) < 4.78 is 5.13. The molecular weight excluding hydrogens is 348 g/mol. The molecule has 3 rings (SSSR count). The molecule has 0 saturated carbocycles. The van der Waals surface area contributed by atoms with Gasteiger partial charge in [0.05, 0.1) is 19.0 Å². The second kappa shape index (κ2) is 7.29. The van der Waals surface area contributed by atoms with Gasteiger partial charge in [-0.1, -0.05) is 0 Å². The molecule has 0 aliphatic carbocycles. The summed E-state index contributed by atoms with van der Waals surface area (Å²) in [4.78, 5) is 25.6. The molecule has 2 heterocycles. The maximum absolute atomic E-state index is 12.4. The number of thiophene rings is 1. The van der Waals surface area contributed by atoms with E-state index in [2.05, 4.69) is 29.1 Å². The van der Waals surface area contributed by atoms with Gasteiger partial charge in [0.1, 0.15) is 22.2 Å². The molecule has 0 spiro atoms. The number of hydrogen-bond acceptors (Lipinski definition) is 6. The Bertz CT molecular complexity index is 950. The first-order chi connectivity index (χ1) is 12.4. The normalized spacial score (nSPS) is 10.8. The number of aryl methyl sites for hydroxylation is 3. The minimum atomic E-state index is -0.105. The topological polar surface area (TPSA) is 67.3 Å². The molecule has 1 N–H and O–H groups in total. The standard InChI is InChI=1S/C19H22N4O2S/c1-11-12(2)26-19-17(11)18(20-13(3)21-19)23(4)10-16(24)22-14-6-8-15(25-5)9-7-14/h6-9H,10H2,1-5H3,(H,22,24). The Morgan fingerprint density at radius 3 is 2.54 bits per heavy atom. The molecule has 0 aliphatic heterocycles. The fourth-order valence-electron chi connectivity index (χ4n) is 2.77. The van der Waals surface area contributed by atoms with Crippen molar-refractivity contribution in [1.82, 2.24) is 9.97 Å². The summed E-state index contributed by atoms with van der Waals surface area (Å²) >= 11 is 1.66. The molecule has 1 amide bonds. The zero-order valence-electron chi connectivity index (χ0n) is 15.6. The molecule has 7 heteroatoms. The molecule has 0 bridgehead atoms. The fourth-order valence-corrected chi connectivity index (χ4v) is 3.84. The molecule has 2 aromatic heterocycles. The monoisotopic (exact) mass is 370 g/mol. The minimum Gasteiger partial charge on any atom is -0.497 e. The summed E-state index contributed by atoms with van der Waals surface area (Å²) in [5.74, 6) is 2.14. The van der Waals surface area contributed by atoms with Crippen LogP contribution in [0.1, 0.15) is 16.3 Å². The third-order valence-corrected chi connectivity index (χ3v) is 5.34. The number of methoxy groups -OCH3 is 1. The average Bonchev–Trinajstić information content (AvgIpc) is 2.88. The van der Waals surface area contributed by atoms with Crippen LogP contribution in [0.15, 0.2) is 24.3 Å². The van der Waals surface area contributed by atoms with Gasteiger partial charge in [0.2, 0.25) is 5.91 Å². The highest BCUT2D eigenvalue weighted by molar-refractivity contribution is 7.18. The van der Waals surface area contributed by atoms with Crippen LogP contribution in [0, 0.1) is 20.8 Å². The Kier molecular flexibility index (Phi) is 5.08. The van der Waals surface area contributed by atoms with Crippen molar-refractivity contribution in [3.8, 4) is 5.75 Å². The first-order valence-corrected chi connectivity index (χ1v) is 9.10. The van der Waals surface area contributed by atoms with Gasteiger partial charge in [-0.25, -0.2) is 9.97 Å². The van der Waals surface area contributed by atoms with Crippen molar-refractivity contribution in [2.45, 2.75) is 20.8 Å². The van der Waals surface area contributed by atoms with Crippen molar-refractivity contribution in [3.63, 3.8) is 0 Å². The van der Waals surface area contributed by atoms with Crippen molar-refractivity contribution >= 4 is 39.0 Å². The van der Waals surface area contributed by atoms with Crippen LogP contribution in [0.25, 0.3) is 10.2 Å². The van der Waals surface area contributed by atoms with E-state index >= 15 is 0 Å². The zero-order valence-corrected chi connectivity index (χ0v) is 16.4. The number of rotatable bonds is 5. The van der Waals surface area contributed by atoms with Crippen LogP contribution in [0.4, 0.5) is 11.5 Å². The number of benzene rings is 1. The number of hydrogen-bond donors (Lipinski definition) is 1. The van der Waals surface area contributed by atoms with E-state index in [1.807, 2.05) is 43.1 Å². The number of likely N-dealkylation sites (N-methyl/N-ethyl adjacent to an activating group) is 1. The Hall–Kier alpha value is -2.67. The van der Waals surface area contributed by atoms with Crippen molar-refractivity contribution in [3.05, 3.63) is 40.5 Å². The third-order valence-electron chi connectivity index (χ3n) is 4.24. The lowest BCUT2D eigenvalue weighted by Crippen LogP contribution is -2.31. The number of nitrogens with zero attached hydrogens (tertiary/aromatic N) is 3. The van der Waals surface area contributed by atoms with E-state index in [-0.39, 0.29) is 12.5 Å². The maximum atomic E-state index is 12.4. The number of anilines is 2. The maximum Gasteiger partial charge on any atom is 0.243 e. The van der Waals surface area contributed by atoms with Gasteiger partial charge in [-0.05, 0) is 50.6 Å². The molecule has 0 atom stereocenters. The van der Waals surface area contributed by atoms with Crippen LogP contribution < -0.4 is 15.0 Å². The molecule has 136 valence electrons. The Morgan fingerprint density at radius 2 is 1.88 bits per heavy atom. The van der Waals surface area contributed by atoms with Gasteiger partial charge in [0.15, 0.2) is 0 Å². The van der Waals surface area contributed by atoms with Gasteiger partial charge in [0, 0.05) is 17.6 Å². The molecule has 1 aromatic carbocycles. The molecule has 0 saturated heterocycles. The lowest BCUT2D eigenvalue weighted by molar-refractivity contribution is -0.114. The van der Waals surface area contributed by atoms with Gasteiger partial charge in [-0.15, -0.1) is 11.3 Å². The van der Waals surface area contributed by atoms with E-state index in [1.165, 1.54) is 10.4 Å². The Morgan fingerprint density at radius 1 is 1.19 bits per heavy atom. The third kappa shape index (κ3) is 3.62. The number of amides is 1. The minimum absolute atomic E-state index is 0.105. The molecule has 3 aromatic rings. The second-order valence-corrected chi connectivity index (χ2v) is 7.39. The van der Waals surface area contributed by atoms with Crippen LogP contribution >= 0.6 is 11.3 Å². The first-order valence-electron chi connectivity index (χ1n) is 8.28. The summed E-state index contributed by atoms with van der Waals surface area (Å²) in [7, 11) is 3.49. The van der Waals surface area contributed by atoms with Gasteiger partial charge in [-0.3, -0.25) is 4.79 Å². The van der Waals surface area contributed by atoms with E-state index in [0.29, 0.717) is 5.82 Å². The molecule has 26 heavy (non-hydrogen) atoms. The molecule has 0 unspecified atom stereocenters. The Balaban J connectivity index is 1.80. The summed E-state index contributed by atoms with van der Waals surface area (Å²) in [5, 5.41) is 3.93. The van der Waals surface area contributed by atoms with Crippen molar-refractivity contribution in [2.24, 2.45) is 0 Å². The lowest BCUT2D eigenvalue weighted by Gasteiger charge is -2.19. The molecule has 6 nitrogen and oxygen atoms in total. The largest absolute Gasteiger partial charge is 0.497 e. The SMILES string of the molecule is COc1ccc(NC(=O)CN(C)c2nc(C)nc3sc(C)c(C)c23)cc1. The van der Waals surface area contributed by atoms with Gasteiger partial charge in [-0.2, -0.15) is 0 Å². The smallest absolute Gasteiger partial charge is 0.243 e. The number of carbonyl (C=O) groups is 1.